The number of amides is 1. The van der Waals surface area contributed by atoms with Crippen molar-refractivity contribution in [1.29, 1.82) is 0 Å². The number of benzene rings is 1. The summed E-state index contributed by atoms with van der Waals surface area (Å²) in [5.41, 5.74) is 1.16. The van der Waals surface area contributed by atoms with E-state index >= 15 is 0 Å². The minimum atomic E-state index is 0.186. The van der Waals surface area contributed by atoms with Gasteiger partial charge in [0.05, 0.1) is 6.61 Å². The lowest BCUT2D eigenvalue weighted by Crippen LogP contribution is -2.33. The third-order valence-corrected chi connectivity index (χ3v) is 3.57. The lowest BCUT2D eigenvalue weighted by molar-refractivity contribution is -0.138. The number of carbonyl (C=O) groups excluding carboxylic acids is 1. The summed E-state index contributed by atoms with van der Waals surface area (Å²) < 4.78 is 0. The third kappa shape index (κ3) is 5.33. The van der Waals surface area contributed by atoms with Crippen molar-refractivity contribution in [1.82, 2.24) is 9.96 Å². The van der Waals surface area contributed by atoms with Gasteiger partial charge in [0.25, 0.3) is 0 Å². The fraction of sp³-hybridized carbons (Fsp3) is 0.471. The van der Waals surface area contributed by atoms with Gasteiger partial charge in [-0.2, -0.15) is 5.06 Å². The zero-order valence-corrected chi connectivity index (χ0v) is 12.7. The number of nitrogens with zero attached hydrogens (tertiary/aromatic N) is 2. The summed E-state index contributed by atoms with van der Waals surface area (Å²) in [7, 11) is 0. The molecule has 2 rings (SSSR count). The highest BCUT2D eigenvalue weighted by Crippen LogP contribution is 2.06. The topological polar surface area (TPSA) is 32.8 Å². The van der Waals surface area contributed by atoms with Crippen LogP contribution in [-0.2, 0) is 9.63 Å². The Morgan fingerprint density at radius 3 is 2.86 bits per heavy atom. The maximum Gasteiger partial charge on any atom is 0.224 e. The van der Waals surface area contributed by atoms with Crippen LogP contribution in [0.5, 0.6) is 0 Å². The van der Waals surface area contributed by atoms with E-state index < -0.39 is 0 Å². The van der Waals surface area contributed by atoms with Gasteiger partial charge in [-0.15, -0.1) is 0 Å². The number of hydrogen-bond acceptors (Lipinski definition) is 3. The number of carbonyl (C=O) groups is 1. The normalized spacial score (nSPS) is 15.7. The van der Waals surface area contributed by atoms with Gasteiger partial charge in [-0.1, -0.05) is 42.5 Å². The van der Waals surface area contributed by atoms with Crippen molar-refractivity contribution < 1.29 is 9.63 Å². The predicted molar refractivity (Wildman–Crippen MR) is 84.5 cm³/mol. The number of hydroxylamine groups is 2. The second-order valence-corrected chi connectivity index (χ2v) is 5.11. The first-order chi connectivity index (χ1) is 10.3. The molecule has 21 heavy (non-hydrogen) atoms. The fourth-order valence-corrected chi connectivity index (χ4v) is 2.34. The molecule has 1 amide bonds. The molecular formula is C17H24N2O2. The van der Waals surface area contributed by atoms with Crippen LogP contribution in [0.3, 0.4) is 0 Å². The standard InChI is InChI=1S/C17H24N2O2/c1-2-18(12-6-10-16-8-4-3-5-9-16)17(20)11-14-19-13-7-15-21-19/h3-6,8-10H,2,7,11-15H2,1H3. The van der Waals surface area contributed by atoms with Gasteiger partial charge >= 0.3 is 0 Å². The van der Waals surface area contributed by atoms with Crippen molar-refractivity contribution in [2.24, 2.45) is 0 Å². The summed E-state index contributed by atoms with van der Waals surface area (Å²) in [6.07, 6.45) is 5.68. The van der Waals surface area contributed by atoms with Crippen LogP contribution in [0.1, 0.15) is 25.3 Å². The van der Waals surface area contributed by atoms with Gasteiger partial charge in [-0.25, -0.2) is 0 Å². The summed E-state index contributed by atoms with van der Waals surface area (Å²) >= 11 is 0. The molecule has 1 heterocycles. The number of likely N-dealkylation sites (N-methyl/N-ethyl adjacent to an activating group) is 1. The van der Waals surface area contributed by atoms with Crippen LogP contribution in [0.25, 0.3) is 6.08 Å². The van der Waals surface area contributed by atoms with Crippen LogP contribution in [0.15, 0.2) is 36.4 Å². The van der Waals surface area contributed by atoms with E-state index in [1.807, 2.05) is 41.2 Å². The highest BCUT2D eigenvalue weighted by Gasteiger charge is 2.16. The van der Waals surface area contributed by atoms with Gasteiger partial charge in [-0.05, 0) is 18.9 Å². The van der Waals surface area contributed by atoms with Crippen LogP contribution in [0.2, 0.25) is 0 Å². The first kappa shape index (κ1) is 15.7. The average molecular weight is 288 g/mol. The Labute approximate surface area is 126 Å². The Morgan fingerprint density at radius 2 is 2.19 bits per heavy atom. The SMILES string of the molecule is CCN(CC=Cc1ccccc1)C(=O)CCN1CCCO1. The number of rotatable bonds is 7. The molecule has 1 aliphatic rings. The molecule has 0 N–H and O–H groups in total. The van der Waals surface area contributed by atoms with Gasteiger partial charge < -0.3 is 4.90 Å². The van der Waals surface area contributed by atoms with Crippen molar-refractivity contribution in [3.63, 3.8) is 0 Å². The average Bonchev–Trinajstić information content (AvgIpc) is 3.04. The predicted octanol–water partition coefficient (Wildman–Crippen LogP) is 2.58. The smallest absolute Gasteiger partial charge is 0.224 e. The molecule has 114 valence electrons. The summed E-state index contributed by atoms with van der Waals surface area (Å²) in [6, 6.07) is 10.1. The molecule has 1 aromatic rings. The van der Waals surface area contributed by atoms with E-state index in [4.69, 9.17) is 4.84 Å². The largest absolute Gasteiger partial charge is 0.339 e. The van der Waals surface area contributed by atoms with Crippen LogP contribution < -0.4 is 0 Å². The van der Waals surface area contributed by atoms with Gasteiger partial charge in [0, 0.05) is 32.6 Å². The molecule has 0 unspecified atom stereocenters. The first-order valence-electron chi connectivity index (χ1n) is 7.67. The highest BCUT2D eigenvalue weighted by molar-refractivity contribution is 5.76. The molecule has 4 heteroatoms. The minimum Gasteiger partial charge on any atom is -0.339 e. The molecule has 0 bridgehead atoms. The third-order valence-electron chi connectivity index (χ3n) is 3.57. The van der Waals surface area contributed by atoms with E-state index in [9.17, 15) is 4.79 Å². The van der Waals surface area contributed by atoms with Crippen LogP contribution in [-0.4, -0.2) is 48.7 Å². The zero-order valence-electron chi connectivity index (χ0n) is 12.7. The van der Waals surface area contributed by atoms with Crippen molar-refractivity contribution in [2.45, 2.75) is 19.8 Å². The quantitative estimate of drug-likeness (QED) is 0.773. The van der Waals surface area contributed by atoms with E-state index in [1.165, 1.54) is 0 Å². The molecule has 1 aliphatic heterocycles. The van der Waals surface area contributed by atoms with Crippen molar-refractivity contribution in [3.05, 3.63) is 42.0 Å². The van der Waals surface area contributed by atoms with E-state index in [-0.39, 0.29) is 5.91 Å². The summed E-state index contributed by atoms with van der Waals surface area (Å²) in [5.74, 6) is 0.186. The molecule has 0 aliphatic carbocycles. The van der Waals surface area contributed by atoms with Crippen molar-refractivity contribution in [3.8, 4) is 0 Å². The van der Waals surface area contributed by atoms with Gasteiger partial charge in [-0.3, -0.25) is 9.63 Å². The van der Waals surface area contributed by atoms with Crippen LogP contribution in [0, 0.1) is 0 Å². The molecule has 0 aromatic heterocycles. The molecule has 4 nitrogen and oxygen atoms in total. The summed E-state index contributed by atoms with van der Waals surface area (Å²) in [5, 5.41) is 1.89. The van der Waals surface area contributed by atoms with Crippen molar-refractivity contribution in [2.75, 3.05) is 32.8 Å². The van der Waals surface area contributed by atoms with Crippen LogP contribution in [0.4, 0.5) is 0 Å². The maximum atomic E-state index is 12.2. The zero-order chi connectivity index (χ0) is 14.9. The minimum absolute atomic E-state index is 0.186. The molecule has 1 saturated heterocycles. The van der Waals surface area contributed by atoms with E-state index in [0.29, 0.717) is 19.5 Å². The lowest BCUT2D eigenvalue weighted by atomic mass is 10.2. The molecule has 1 fully saturated rings. The highest BCUT2D eigenvalue weighted by atomic mass is 16.7. The van der Waals surface area contributed by atoms with Gasteiger partial charge in [0.2, 0.25) is 5.91 Å². The van der Waals surface area contributed by atoms with Gasteiger partial charge in [0.1, 0.15) is 0 Å². The summed E-state index contributed by atoms with van der Waals surface area (Å²) in [4.78, 5) is 19.5. The second kappa shape index (κ2) is 8.60. The van der Waals surface area contributed by atoms with E-state index in [2.05, 4.69) is 18.2 Å². The lowest BCUT2D eigenvalue weighted by Gasteiger charge is -2.20. The van der Waals surface area contributed by atoms with Crippen molar-refractivity contribution >= 4 is 12.0 Å². The second-order valence-electron chi connectivity index (χ2n) is 5.11. The summed E-state index contributed by atoms with van der Waals surface area (Å²) in [6.45, 7) is 5.82. The molecule has 1 aromatic carbocycles. The molecule has 0 atom stereocenters. The monoisotopic (exact) mass is 288 g/mol. The Morgan fingerprint density at radius 1 is 1.38 bits per heavy atom. The van der Waals surface area contributed by atoms with E-state index in [1.54, 1.807) is 0 Å². The Bertz CT molecular complexity index is 453. The molecule has 0 radical (unpaired) electrons. The molecule has 0 saturated carbocycles. The first-order valence-corrected chi connectivity index (χ1v) is 7.67. The van der Waals surface area contributed by atoms with Gasteiger partial charge in [0.15, 0.2) is 0 Å². The van der Waals surface area contributed by atoms with E-state index in [0.717, 1.165) is 31.7 Å². The molecule has 0 spiro atoms. The van der Waals surface area contributed by atoms with Crippen LogP contribution >= 0.6 is 0 Å². The Balaban J connectivity index is 1.76. The molecular weight excluding hydrogens is 264 g/mol. The fourth-order valence-electron chi connectivity index (χ4n) is 2.34. The number of hydrogen-bond donors (Lipinski definition) is 0. The Kier molecular flexibility index (Phi) is 6.44. The maximum absolute atomic E-state index is 12.2. The Hall–Kier alpha value is -1.65.